The lowest BCUT2D eigenvalue weighted by atomic mass is 10.3. The van der Waals surface area contributed by atoms with Gasteiger partial charge in [0.05, 0.1) is 18.8 Å². The third kappa shape index (κ3) is 5.00. The Labute approximate surface area is 121 Å². The Morgan fingerprint density at radius 3 is 2.71 bits per heavy atom. The molecule has 0 bridgehead atoms. The molecule has 0 atom stereocenters. The van der Waals surface area contributed by atoms with Crippen molar-refractivity contribution in [1.82, 2.24) is 5.32 Å². The molecule has 92 valence electrons. The molecular weight excluding hydrogens is 401 g/mol. The van der Waals surface area contributed by atoms with Crippen molar-refractivity contribution in [3.8, 4) is 0 Å². The Hall–Kier alpha value is -0.670. The highest BCUT2D eigenvalue weighted by Gasteiger charge is 2.07. The van der Waals surface area contributed by atoms with E-state index in [4.69, 9.17) is 5.73 Å². The van der Waals surface area contributed by atoms with Crippen molar-refractivity contribution < 1.29 is 9.59 Å². The summed E-state index contributed by atoms with van der Waals surface area (Å²) in [4.78, 5) is 22.4. The van der Waals surface area contributed by atoms with Crippen LogP contribution in [0.5, 0.6) is 0 Å². The SMILES string of the molecule is NCC(=O)NCC(=O)Nc1cc(Br)ccc1I. The molecule has 0 aliphatic heterocycles. The number of carbonyl (C=O) groups is 2. The van der Waals surface area contributed by atoms with Gasteiger partial charge in [-0.15, -0.1) is 0 Å². The van der Waals surface area contributed by atoms with Gasteiger partial charge in [0, 0.05) is 8.04 Å². The van der Waals surface area contributed by atoms with Gasteiger partial charge in [-0.3, -0.25) is 9.59 Å². The first-order valence-electron chi connectivity index (χ1n) is 4.74. The normalized spacial score (nSPS) is 9.82. The molecule has 2 amide bonds. The molecule has 17 heavy (non-hydrogen) atoms. The lowest BCUT2D eigenvalue weighted by Gasteiger charge is -2.08. The van der Waals surface area contributed by atoms with Gasteiger partial charge in [0.15, 0.2) is 0 Å². The van der Waals surface area contributed by atoms with E-state index in [-0.39, 0.29) is 24.9 Å². The van der Waals surface area contributed by atoms with E-state index < -0.39 is 0 Å². The number of nitrogens with one attached hydrogen (secondary N) is 2. The minimum absolute atomic E-state index is 0.0847. The van der Waals surface area contributed by atoms with Crippen molar-refractivity contribution in [2.75, 3.05) is 18.4 Å². The van der Waals surface area contributed by atoms with Gasteiger partial charge in [0.25, 0.3) is 0 Å². The summed E-state index contributed by atoms with van der Waals surface area (Å²) in [7, 11) is 0. The summed E-state index contributed by atoms with van der Waals surface area (Å²) < 4.78 is 1.79. The zero-order chi connectivity index (χ0) is 12.8. The Bertz CT molecular complexity index is 440. The largest absolute Gasteiger partial charge is 0.346 e. The third-order valence-corrected chi connectivity index (χ3v) is 3.27. The van der Waals surface area contributed by atoms with Crippen LogP contribution in [0.15, 0.2) is 22.7 Å². The van der Waals surface area contributed by atoms with E-state index in [9.17, 15) is 9.59 Å². The van der Waals surface area contributed by atoms with Crippen LogP contribution in [0.25, 0.3) is 0 Å². The predicted octanol–water partition coefficient (Wildman–Crippen LogP) is 1.07. The standard InChI is InChI=1S/C10H11BrIN3O2/c11-6-1-2-7(12)8(3-6)15-10(17)5-14-9(16)4-13/h1-3H,4-5,13H2,(H,14,16)(H,15,17). The van der Waals surface area contributed by atoms with Crippen LogP contribution in [0, 0.1) is 3.57 Å². The van der Waals surface area contributed by atoms with Crippen LogP contribution in [0.3, 0.4) is 0 Å². The molecule has 0 spiro atoms. The molecule has 0 aliphatic rings. The number of hydrogen-bond acceptors (Lipinski definition) is 3. The maximum atomic E-state index is 11.5. The quantitative estimate of drug-likeness (QED) is 0.648. The molecule has 5 nitrogen and oxygen atoms in total. The highest BCUT2D eigenvalue weighted by atomic mass is 127. The zero-order valence-corrected chi connectivity index (χ0v) is 12.5. The van der Waals surface area contributed by atoms with Crippen molar-refractivity contribution in [2.24, 2.45) is 5.73 Å². The van der Waals surface area contributed by atoms with E-state index in [0.717, 1.165) is 8.04 Å². The summed E-state index contributed by atoms with van der Waals surface area (Å²) in [5.74, 6) is -0.646. The topological polar surface area (TPSA) is 84.2 Å². The van der Waals surface area contributed by atoms with E-state index in [1.807, 2.05) is 12.1 Å². The summed E-state index contributed by atoms with van der Waals surface area (Å²) in [5.41, 5.74) is 5.80. The minimum Gasteiger partial charge on any atom is -0.346 e. The molecule has 0 radical (unpaired) electrons. The Morgan fingerprint density at radius 1 is 1.35 bits per heavy atom. The number of benzene rings is 1. The average molecular weight is 412 g/mol. The van der Waals surface area contributed by atoms with Gasteiger partial charge in [0.2, 0.25) is 11.8 Å². The Kier molecular flexibility index (Phi) is 5.86. The fraction of sp³-hybridized carbons (Fsp3) is 0.200. The number of nitrogens with two attached hydrogens (primary N) is 1. The lowest BCUT2D eigenvalue weighted by Crippen LogP contribution is -2.36. The zero-order valence-electron chi connectivity index (χ0n) is 8.80. The fourth-order valence-corrected chi connectivity index (χ4v) is 1.87. The molecule has 1 aromatic carbocycles. The van der Waals surface area contributed by atoms with Crippen LogP contribution in [0.1, 0.15) is 0 Å². The van der Waals surface area contributed by atoms with E-state index in [1.54, 1.807) is 6.07 Å². The molecular formula is C10H11BrIN3O2. The minimum atomic E-state index is -0.357. The molecule has 0 fully saturated rings. The molecule has 4 N–H and O–H groups in total. The van der Waals surface area contributed by atoms with Crippen LogP contribution >= 0.6 is 38.5 Å². The third-order valence-electron chi connectivity index (χ3n) is 1.83. The number of carbonyl (C=O) groups excluding carboxylic acids is 2. The van der Waals surface area contributed by atoms with Gasteiger partial charge in [-0.2, -0.15) is 0 Å². The summed E-state index contributed by atoms with van der Waals surface area (Å²) in [6.45, 7) is -0.208. The summed E-state index contributed by atoms with van der Waals surface area (Å²) in [5, 5.41) is 5.09. The van der Waals surface area contributed by atoms with E-state index in [2.05, 4.69) is 49.2 Å². The average Bonchev–Trinajstić information content (AvgIpc) is 2.30. The lowest BCUT2D eigenvalue weighted by molar-refractivity contribution is -0.123. The second-order valence-electron chi connectivity index (χ2n) is 3.15. The van der Waals surface area contributed by atoms with Crippen LogP contribution in [0.4, 0.5) is 5.69 Å². The smallest absolute Gasteiger partial charge is 0.243 e. The van der Waals surface area contributed by atoms with Gasteiger partial charge in [-0.05, 0) is 40.8 Å². The van der Waals surface area contributed by atoms with Crippen molar-refractivity contribution in [1.29, 1.82) is 0 Å². The van der Waals surface area contributed by atoms with Crippen molar-refractivity contribution >= 4 is 56.0 Å². The molecule has 0 saturated carbocycles. The second-order valence-corrected chi connectivity index (χ2v) is 5.23. The highest BCUT2D eigenvalue weighted by molar-refractivity contribution is 14.1. The number of rotatable bonds is 4. The van der Waals surface area contributed by atoms with Crippen LogP contribution < -0.4 is 16.4 Å². The fourth-order valence-electron chi connectivity index (χ4n) is 1.04. The van der Waals surface area contributed by atoms with E-state index >= 15 is 0 Å². The predicted molar refractivity (Wildman–Crippen MR) is 77.6 cm³/mol. The molecule has 0 unspecified atom stereocenters. The molecule has 0 heterocycles. The van der Waals surface area contributed by atoms with Crippen molar-refractivity contribution in [3.63, 3.8) is 0 Å². The van der Waals surface area contributed by atoms with Crippen LogP contribution in [-0.4, -0.2) is 24.9 Å². The van der Waals surface area contributed by atoms with Crippen LogP contribution in [0.2, 0.25) is 0 Å². The number of amides is 2. The molecule has 7 heteroatoms. The van der Waals surface area contributed by atoms with Gasteiger partial charge in [-0.1, -0.05) is 15.9 Å². The number of halogens is 2. The first-order valence-corrected chi connectivity index (χ1v) is 6.61. The maximum absolute atomic E-state index is 11.5. The molecule has 0 saturated heterocycles. The van der Waals surface area contributed by atoms with E-state index in [1.165, 1.54) is 0 Å². The Balaban J connectivity index is 2.56. The molecule has 1 rings (SSSR count). The summed E-state index contributed by atoms with van der Waals surface area (Å²) in [6, 6.07) is 5.55. The first kappa shape index (κ1) is 14.4. The molecule has 0 aromatic heterocycles. The Morgan fingerprint density at radius 2 is 2.06 bits per heavy atom. The first-order chi connectivity index (χ1) is 8.02. The van der Waals surface area contributed by atoms with Crippen molar-refractivity contribution in [2.45, 2.75) is 0 Å². The van der Waals surface area contributed by atoms with Crippen LogP contribution in [-0.2, 0) is 9.59 Å². The van der Waals surface area contributed by atoms with Crippen molar-refractivity contribution in [3.05, 3.63) is 26.2 Å². The molecule has 0 aliphatic carbocycles. The monoisotopic (exact) mass is 411 g/mol. The van der Waals surface area contributed by atoms with Gasteiger partial charge >= 0.3 is 0 Å². The van der Waals surface area contributed by atoms with Gasteiger partial charge in [0.1, 0.15) is 0 Å². The second kappa shape index (κ2) is 6.92. The van der Waals surface area contributed by atoms with E-state index in [0.29, 0.717) is 5.69 Å². The number of anilines is 1. The molecule has 1 aromatic rings. The number of hydrogen-bond donors (Lipinski definition) is 3. The maximum Gasteiger partial charge on any atom is 0.243 e. The highest BCUT2D eigenvalue weighted by Crippen LogP contribution is 2.22. The summed E-state index contributed by atoms with van der Waals surface area (Å²) in [6.07, 6.45) is 0. The van der Waals surface area contributed by atoms with Gasteiger partial charge in [-0.25, -0.2) is 0 Å². The van der Waals surface area contributed by atoms with Gasteiger partial charge < -0.3 is 16.4 Å². The summed E-state index contributed by atoms with van der Waals surface area (Å²) >= 11 is 5.44.